The maximum Gasteiger partial charge on any atom is 0.193 e. The molecule has 2 fully saturated rings. The highest BCUT2D eigenvalue weighted by Gasteiger charge is 2.21. The van der Waals surface area contributed by atoms with Gasteiger partial charge in [-0.1, -0.05) is 25.0 Å². The molecule has 1 aliphatic heterocycles. The molecule has 1 aliphatic carbocycles. The van der Waals surface area contributed by atoms with Crippen molar-refractivity contribution in [2.45, 2.75) is 38.2 Å². The summed E-state index contributed by atoms with van der Waals surface area (Å²) < 4.78 is 5.91. The lowest BCUT2D eigenvalue weighted by Crippen LogP contribution is -2.52. The number of nitrogens with one attached hydrogen (secondary N) is 1. The zero-order valence-corrected chi connectivity index (χ0v) is 15.9. The highest BCUT2D eigenvalue weighted by Crippen LogP contribution is 2.27. The van der Waals surface area contributed by atoms with Gasteiger partial charge in [-0.2, -0.15) is 0 Å². The lowest BCUT2D eigenvalue weighted by atomic mass is 10.2. The van der Waals surface area contributed by atoms with E-state index in [1.54, 1.807) is 6.07 Å². The largest absolute Gasteiger partial charge is 0.506 e. The van der Waals surface area contributed by atoms with Crippen molar-refractivity contribution >= 4 is 11.6 Å². The van der Waals surface area contributed by atoms with Gasteiger partial charge in [-0.05, 0) is 31.4 Å². The zero-order valence-electron chi connectivity index (χ0n) is 15.9. The van der Waals surface area contributed by atoms with Gasteiger partial charge in [-0.3, -0.25) is 4.99 Å². The van der Waals surface area contributed by atoms with Crippen LogP contribution in [0.15, 0.2) is 29.3 Å². The number of para-hydroxylation sites is 2. The van der Waals surface area contributed by atoms with Crippen LogP contribution in [-0.4, -0.2) is 68.4 Å². The van der Waals surface area contributed by atoms with Crippen LogP contribution < -0.4 is 10.2 Å². The van der Waals surface area contributed by atoms with Gasteiger partial charge in [0.15, 0.2) is 5.96 Å². The molecule has 1 saturated heterocycles. The van der Waals surface area contributed by atoms with Gasteiger partial charge in [0.25, 0.3) is 0 Å². The normalized spacial score (nSPS) is 19.2. The summed E-state index contributed by atoms with van der Waals surface area (Å²) in [5, 5.41) is 13.5. The first-order chi connectivity index (χ1) is 12.8. The summed E-state index contributed by atoms with van der Waals surface area (Å²) in [5.41, 5.74) is 0.916. The predicted octanol–water partition coefficient (Wildman–Crippen LogP) is 2.44. The number of benzene rings is 1. The Morgan fingerprint density at radius 2 is 1.92 bits per heavy atom. The Balaban J connectivity index is 1.37. The van der Waals surface area contributed by atoms with Crippen LogP contribution in [0, 0.1) is 0 Å². The number of aliphatic imine (C=N–C) groups is 1. The van der Waals surface area contributed by atoms with Crippen LogP contribution in [0.2, 0.25) is 0 Å². The number of phenols is 1. The van der Waals surface area contributed by atoms with Crippen molar-refractivity contribution in [1.82, 2.24) is 10.2 Å². The molecule has 0 atom stereocenters. The Labute approximate surface area is 156 Å². The minimum Gasteiger partial charge on any atom is -0.506 e. The molecule has 3 rings (SSSR count). The molecular weight excluding hydrogens is 328 g/mol. The average molecular weight is 361 g/mol. The van der Waals surface area contributed by atoms with E-state index in [1.165, 1.54) is 25.7 Å². The molecule has 6 nitrogen and oxygen atoms in total. The van der Waals surface area contributed by atoms with Crippen LogP contribution in [0.3, 0.4) is 0 Å². The monoisotopic (exact) mass is 360 g/mol. The molecular formula is C20H32N4O2. The van der Waals surface area contributed by atoms with Gasteiger partial charge in [-0.15, -0.1) is 0 Å². The molecule has 2 N–H and O–H groups in total. The second-order valence-corrected chi connectivity index (χ2v) is 7.07. The SMILES string of the molecule is CN=C(NCCCOC1CCCC1)N1CCN(c2ccccc2O)CC1. The second-order valence-electron chi connectivity index (χ2n) is 7.07. The quantitative estimate of drug-likeness (QED) is 0.464. The third-order valence-electron chi connectivity index (χ3n) is 5.27. The standard InChI is InChI=1S/C20H32N4O2/c1-21-20(22-11-6-16-26-17-7-2-3-8-17)24-14-12-23(13-15-24)18-9-4-5-10-19(18)25/h4-5,9-10,17,25H,2-3,6-8,11-16H2,1H3,(H,21,22). The fourth-order valence-electron chi connectivity index (χ4n) is 3.80. The van der Waals surface area contributed by atoms with Crippen LogP contribution in [0.25, 0.3) is 0 Å². The molecule has 26 heavy (non-hydrogen) atoms. The second kappa shape index (κ2) is 9.67. The fraction of sp³-hybridized carbons (Fsp3) is 0.650. The number of phenolic OH excluding ortho intramolecular Hbond substituents is 1. The number of aromatic hydroxyl groups is 1. The molecule has 0 bridgehead atoms. The average Bonchev–Trinajstić information content (AvgIpc) is 3.19. The van der Waals surface area contributed by atoms with Gasteiger partial charge in [0.2, 0.25) is 0 Å². The molecule has 0 radical (unpaired) electrons. The maximum atomic E-state index is 10.0. The lowest BCUT2D eigenvalue weighted by molar-refractivity contribution is 0.0573. The maximum absolute atomic E-state index is 10.0. The third-order valence-corrected chi connectivity index (χ3v) is 5.27. The first-order valence-corrected chi connectivity index (χ1v) is 9.88. The van der Waals surface area contributed by atoms with Gasteiger partial charge < -0.3 is 25.0 Å². The van der Waals surface area contributed by atoms with Crippen molar-refractivity contribution in [2.75, 3.05) is 51.3 Å². The number of guanidine groups is 1. The van der Waals surface area contributed by atoms with Crippen molar-refractivity contribution in [3.8, 4) is 5.75 Å². The van der Waals surface area contributed by atoms with Crippen LogP contribution in [0.1, 0.15) is 32.1 Å². The first-order valence-electron chi connectivity index (χ1n) is 9.88. The Hall–Kier alpha value is -1.95. The van der Waals surface area contributed by atoms with Crippen LogP contribution in [0.5, 0.6) is 5.75 Å². The van der Waals surface area contributed by atoms with Crippen LogP contribution in [-0.2, 0) is 4.74 Å². The molecule has 0 aromatic heterocycles. The van der Waals surface area contributed by atoms with Gasteiger partial charge in [-0.25, -0.2) is 0 Å². The number of piperazine rings is 1. The van der Waals surface area contributed by atoms with E-state index in [4.69, 9.17) is 4.74 Å². The molecule has 144 valence electrons. The number of rotatable bonds is 6. The van der Waals surface area contributed by atoms with Gasteiger partial charge in [0.1, 0.15) is 5.75 Å². The van der Waals surface area contributed by atoms with Gasteiger partial charge in [0, 0.05) is 46.4 Å². The van der Waals surface area contributed by atoms with E-state index in [9.17, 15) is 5.11 Å². The minimum atomic E-state index is 0.353. The molecule has 1 aromatic rings. The number of anilines is 1. The molecule has 6 heteroatoms. The number of nitrogens with zero attached hydrogens (tertiary/aromatic N) is 3. The molecule has 2 aliphatic rings. The van der Waals surface area contributed by atoms with Crippen molar-refractivity contribution in [3.63, 3.8) is 0 Å². The van der Waals surface area contributed by atoms with Gasteiger partial charge >= 0.3 is 0 Å². The van der Waals surface area contributed by atoms with Crippen molar-refractivity contribution in [1.29, 1.82) is 0 Å². The van der Waals surface area contributed by atoms with Crippen molar-refractivity contribution in [2.24, 2.45) is 4.99 Å². The van der Waals surface area contributed by atoms with Crippen molar-refractivity contribution < 1.29 is 9.84 Å². The summed E-state index contributed by atoms with van der Waals surface area (Å²) in [6.45, 7) is 5.26. The lowest BCUT2D eigenvalue weighted by Gasteiger charge is -2.37. The Morgan fingerprint density at radius 1 is 1.19 bits per heavy atom. The summed E-state index contributed by atoms with van der Waals surface area (Å²) in [7, 11) is 1.84. The zero-order chi connectivity index (χ0) is 18.2. The number of hydrogen-bond acceptors (Lipinski definition) is 4. The van der Waals surface area contributed by atoms with Crippen molar-refractivity contribution in [3.05, 3.63) is 24.3 Å². The van der Waals surface area contributed by atoms with E-state index in [2.05, 4.69) is 20.1 Å². The smallest absolute Gasteiger partial charge is 0.193 e. The van der Waals surface area contributed by atoms with E-state index < -0.39 is 0 Å². The molecule has 1 heterocycles. The molecule has 0 unspecified atom stereocenters. The molecule has 1 aromatic carbocycles. The fourth-order valence-corrected chi connectivity index (χ4v) is 3.80. The first kappa shape index (κ1) is 18.8. The minimum absolute atomic E-state index is 0.353. The van der Waals surface area contributed by atoms with E-state index in [0.29, 0.717) is 11.9 Å². The van der Waals surface area contributed by atoms with E-state index in [-0.39, 0.29) is 0 Å². The summed E-state index contributed by atoms with van der Waals surface area (Å²) in [6.07, 6.45) is 6.61. The number of ether oxygens (including phenoxy) is 1. The van der Waals surface area contributed by atoms with E-state index in [0.717, 1.165) is 57.4 Å². The molecule has 1 saturated carbocycles. The predicted molar refractivity (Wildman–Crippen MR) is 106 cm³/mol. The molecule has 0 spiro atoms. The van der Waals surface area contributed by atoms with Crippen LogP contribution >= 0.6 is 0 Å². The summed E-state index contributed by atoms with van der Waals surface area (Å²) in [5.74, 6) is 1.31. The summed E-state index contributed by atoms with van der Waals surface area (Å²) in [6, 6.07) is 7.55. The van der Waals surface area contributed by atoms with Crippen LogP contribution in [0.4, 0.5) is 5.69 Å². The molecule has 0 amide bonds. The van der Waals surface area contributed by atoms with E-state index in [1.807, 2.05) is 25.2 Å². The topological polar surface area (TPSA) is 60.3 Å². The Morgan fingerprint density at radius 3 is 2.62 bits per heavy atom. The summed E-state index contributed by atoms with van der Waals surface area (Å²) in [4.78, 5) is 8.94. The Bertz CT molecular complexity index is 579. The van der Waals surface area contributed by atoms with E-state index >= 15 is 0 Å². The highest BCUT2D eigenvalue weighted by molar-refractivity contribution is 5.80. The van der Waals surface area contributed by atoms with Gasteiger partial charge in [0.05, 0.1) is 11.8 Å². The Kier molecular flexibility index (Phi) is 7.00. The number of hydrogen-bond donors (Lipinski definition) is 2. The summed E-state index contributed by atoms with van der Waals surface area (Å²) >= 11 is 0. The third kappa shape index (κ3) is 5.04. The highest BCUT2D eigenvalue weighted by atomic mass is 16.5.